The summed E-state index contributed by atoms with van der Waals surface area (Å²) in [4.78, 5) is 39.0. The van der Waals surface area contributed by atoms with Crippen molar-refractivity contribution in [2.24, 2.45) is 35.5 Å². The van der Waals surface area contributed by atoms with E-state index in [9.17, 15) is 14.4 Å². The molecular formula is C21H26I2N2O6. The molecular weight excluding hydrogens is 630 g/mol. The van der Waals surface area contributed by atoms with Crippen LogP contribution < -0.4 is 7.06 Å². The summed E-state index contributed by atoms with van der Waals surface area (Å²) in [6, 6.07) is 0. The number of esters is 3. The van der Waals surface area contributed by atoms with Gasteiger partial charge in [0.2, 0.25) is 0 Å². The average molecular weight is 656 g/mol. The molecule has 31 heavy (non-hydrogen) atoms. The first-order valence-electron chi connectivity index (χ1n) is 11.4. The van der Waals surface area contributed by atoms with Gasteiger partial charge in [0.15, 0.2) is 0 Å². The van der Waals surface area contributed by atoms with Crippen LogP contribution in [0.3, 0.4) is 0 Å². The molecule has 3 aliphatic heterocycles. The van der Waals surface area contributed by atoms with Gasteiger partial charge in [0.1, 0.15) is 0 Å². The predicted octanol–water partition coefficient (Wildman–Crippen LogP) is 2.22. The Balaban J connectivity index is 1.12. The van der Waals surface area contributed by atoms with Gasteiger partial charge in [-0.1, -0.05) is 0 Å². The van der Waals surface area contributed by atoms with Gasteiger partial charge in [0.25, 0.3) is 0 Å². The van der Waals surface area contributed by atoms with Crippen molar-refractivity contribution in [1.82, 2.24) is 7.06 Å². The van der Waals surface area contributed by atoms with Gasteiger partial charge >= 0.3 is 196 Å². The molecule has 0 aromatic rings. The molecule has 0 spiro atoms. The Morgan fingerprint density at radius 2 is 2.06 bits per heavy atom. The number of nitrogens with one attached hydrogen (secondary N) is 2. The first-order valence-corrected chi connectivity index (χ1v) is 15.9. The van der Waals surface area contributed by atoms with Crippen molar-refractivity contribution in [1.29, 1.82) is 0 Å². The molecule has 10 atom stereocenters. The number of carbonyl (C=O) groups excluding carboxylic acids is 3. The third-order valence-corrected chi connectivity index (χ3v) is 16.3. The van der Waals surface area contributed by atoms with Gasteiger partial charge < -0.3 is 0 Å². The number of carbonyl (C=O) groups is 3. The molecule has 4 bridgehead atoms. The van der Waals surface area contributed by atoms with Crippen LogP contribution in [0.1, 0.15) is 45.4 Å². The third kappa shape index (κ3) is 2.62. The topological polar surface area (TPSA) is 123 Å². The maximum absolute atomic E-state index is 13.5. The van der Waals surface area contributed by atoms with Crippen molar-refractivity contribution >= 4 is 60.9 Å². The van der Waals surface area contributed by atoms with Crippen LogP contribution >= 0.6 is 43.0 Å². The Morgan fingerprint density at radius 1 is 1.29 bits per heavy atom. The Morgan fingerprint density at radius 3 is 2.68 bits per heavy atom. The SMILES string of the molecule is CCC1(OC(=O)C2C3CC4C(OC(=O)C42)C3OC(=O)C(I)C23NI2N3)CC2CCC1C2. The molecule has 7 fully saturated rings. The fraction of sp³-hybridized carbons (Fsp3) is 0.857. The molecule has 4 aliphatic carbocycles. The van der Waals surface area contributed by atoms with E-state index in [4.69, 9.17) is 14.2 Å². The van der Waals surface area contributed by atoms with Crippen LogP contribution in [0.2, 0.25) is 0 Å². The number of hydrogen-bond donors (Lipinski definition) is 2. The van der Waals surface area contributed by atoms with Gasteiger partial charge in [-0.25, -0.2) is 0 Å². The van der Waals surface area contributed by atoms with Crippen molar-refractivity contribution in [3.8, 4) is 0 Å². The van der Waals surface area contributed by atoms with E-state index >= 15 is 0 Å². The monoisotopic (exact) mass is 656 g/mol. The van der Waals surface area contributed by atoms with Gasteiger partial charge in [-0.2, -0.15) is 0 Å². The summed E-state index contributed by atoms with van der Waals surface area (Å²) in [6.07, 6.45) is 5.02. The van der Waals surface area contributed by atoms with Crippen LogP contribution in [0.15, 0.2) is 0 Å². The molecule has 10 heteroatoms. The summed E-state index contributed by atoms with van der Waals surface area (Å²) in [6.45, 7) is 2.11. The maximum atomic E-state index is 13.5. The second-order valence-electron chi connectivity index (χ2n) is 10.4. The fourth-order valence-electron chi connectivity index (χ4n) is 7.55. The number of alkyl halides is 2. The zero-order chi connectivity index (χ0) is 21.3. The van der Waals surface area contributed by atoms with E-state index < -0.39 is 44.4 Å². The molecule has 0 aromatic carbocycles. The second kappa shape index (κ2) is 6.47. The van der Waals surface area contributed by atoms with E-state index in [2.05, 4.69) is 36.6 Å². The van der Waals surface area contributed by atoms with Crippen molar-refractivity contribution in [3.05, 3.63) is 0 Å². The number of halogens is 2. The average Bonchev–Trinajstić information content (AvgIpc) is 3.21. The van der Waals surface area contributed by atoms with E-state index in [0.717, 1.165) is 25.7 Å². The Hall–Kier alpha value is -0.210. The molecule has 3 heterocycles. The number of rotatable bonds is 6. The molecule has 170 valence electrons. The molecule has 3 saturated heterocycles. The van der Waals surface area contributed by atoms with Crippen LogP contribution in [0.4, 0.5) is 0 Å². The summed E-state index contributed by atoms with van der Waals surface area (Å²) in [5.41, 5.74) is -0.377. The second-order valence-corrected chi connectivity index (χ2v) is 16.0. The molecule has 7 rings (SSSR count). The summed E-state index contributed by atoms with van der Waals surface area (Å²) < 4.78 is 24.1. The molecule has 7 aliphatic rings. The van der Waals surface area contributed by atoms with Gasteiger partial charge in [0, 0.05) is 0 Å². The van der Waals surface area contributed by atoms with Crippen LogP contribution in [-0.2, 0) is 28.6 Å². The zero-order valence-corrected chi connectivity index (χ0v) is 21.5. The summed E-state index contributed by atoms with van der Waals surface area (Å²) in [5, 5.41) is 0. The van der Waals surface area contributed by atoms with Crippen molar-refractivity contribution < 1.29 is 28.6 Å². The first kappa shape index (κ1) is 20.2. The first-order chi connectivity index (χ1) is 14.9. The van der Waals surface area contributed by atoms with Crippen molar-refractivity contribution in [2.75, 3.05) is 0 Å². The van der Waals surface area contributed by atoms with E-state index in [-0.39, 0.29) is 42.9 Å². The van der Waals surface area contributed by atoms with Gasteiger partial charge in [0.05, 0.1) is 0 Å². The van der Waals surface area contributed by atoms with Crippen LogP contribution in [0, 0.1) is 35.5 Å². The Labute approximate surface area is 201 Å². The van der Waals surface area contributed by atoms with E-state index in [1.165, 1.54) is 6.42 Å². The Bertz CT molecular complexity index is 895. The summed E-state index contributed by atoms with van der Waals surface area (Å²) in [7, 11) is 0. The third-order valence-electron chi connectivity index (χ3n) is 9.14. The minimum absolute atomic E-state index is 0.0438. The number of fused-ring (bicyclic) bond motifs is 4. The quantitative estimate of drug-likeness (QED) is 0.0850. The molecule has 8 nitrogen and oxygen atoms in total. The Kier molecular flexibility index (Phi) is 4.21. The van der Waals surface area contributed by atoms with Gasteiger partial charge in [-0.05, 0) is 6.42 Å². The van der Waals surface area contributed by atoms with Crippen molar-refractivity contribution in [3.63, 3.8) is 0 Å². The van der Waals surface area contributed by atoms with E-state index in [1.807, 2.05) is 0 Å². The summed E-state index contributed by atoms with van der Waals surface area (Å²) in [5.74, 6) is -0.986. The van der Waals surface area contributed by atoms with Crippen molar-refractivity contribution in [2.45, 2.75) is 70.9 Å². The number of hydrogen-bond acceptors (Lipinski definition) is 8. The predicted molar refractivity (Wildman–Crippen MR) is 124 cm³/mol. The molecule has 0 radical (unpaired) electrons. The van der Waals surface area contributed by atoms with E-state index in [1.54, 1.807) is 0 Å². The standard InChI is InChI=1S/C21H26I2N2O6/c1-2-20(7-8-3-4-9(20)5-8)31-18(27)13-11-6-10-12(13)17(26)29-14(10)15(11)30-19(28)16(22)21-23(24-21)25-21/h8-16,24-25H,2-7H2,1H3. The molecule has 0 amide bonds. The van der Waals surface area contributed by atoms with Crippen LogP contribution in [-0.4, -0.2) is 43.3 Å². The molecule has 4 saturated carbocycles. The van der Waals surface area contributed by atoms with Crippen LogP contribution in [0.25, 0.3) is 0 Å². The molecule has 0 aromatic heterocycles. The van der Waals surface area contributed by atoms with Gasteiger partial charge in [-0.3, -0.25) is 0 Å². The molecule has 10 unspecified atom stereocenters. The normalized spacial score (nSPS) is 50.8. The van der Waals surface area contributed by atoms with E-state index in [0.29, 0.717) is 18.3 Å². The minimum atomic E-state index is -1.26. The van der Waals surface area contributed by atoms with Gasteiger partial charge in [-0.15, -0.1) is 0 Å². The number of ether oxygens (including phenoxy) is 3. The van der Waals surface area contributed by atoms with Crippen LogP contribution in [0.5, 0.6) is 0 Å². The molecule has 2 N–H and O–H groups in total. The summed E-state index contributed by atoms with van der Waals surface area (Å²) >= 11 is 0.882. The fourth-order valence-corrected chi connectivity index (χ4v) is 14.9. The zero-order valence-electron chi connectivity index (χ0n) is 17.1.